The highest BCUT2D eigenvalue weighted by Crippen LogP contribution is 2.23. The van der Waals surface area contributed by atoms with Gasteiger partial charge < -0.3 is 14.8 Å². The Morgan fingerprint density at radius 1 is 1.17 bits per heavy atom. The molecule has 24 heavy (non-hydrogen) atoms. The summed E-state index contributed by atoms with van der Waals surface area (Å²) in [4.78, 5) is 12.6. The molecule has 1 amide bonds. The summed E-state index contributed by atoms with van der Waals surface area (Å²) in [7, 11) is 1.62. The fourth-order valence-corrected chi connectivity index (χ4v) is 2.37. The number of hydrogen-bond donors (Lipinski definition) is 1. The Balaban J connectivity index is 2.22. The predicted molar refractivity (Wildman–Crippen MR) is 96.8 cm³/mol. The number of nitrogens with one attached hydrogen (secondary N) is 1. The number of rotatable bonds is 6. The van der Waals surface area contributed by atoms with Crippen molar-refractivity contribution in [1.29, 1.82) is 0 Å². The van der Waals surface area contributed by atoms with Crippen molar-refractivity contribution in [2.45, 2.75) is 40.4 Å². The topological polar surface area (TPSA) is 47.6 Å². The second-order valence-electron chi connectivity index (χ2n) is 6.09. The molecule has 0 saturated carbocycles. The zero-order valence-corrected chi connectivity index (χ0v) is 15.0. The number of hydrogen-bond acceptors (Lipinski definition) is 3. The molecule has 0 aliphatic carbocycles. The van der Waals surface area contributed by atoms with Gasteiger partial charge in [-0.05, 0) is 63.1 Å². The molecular weight excluding hydrogens is 302 g/mol. The van der Waals surface area contributed by atoms with Crippen LogP contribution >= 0.6 is 0 Å². The van der Waals surface area contributed by atoms with Gasteiger partial charge in [0.25, 0.3) is 5.91 Å². The molecule has 2 aromatic carbocycles. The smallest absolute Gasteiger partial charge is 0.255 e. The number of ether oxygens (including phenoxy) is 2. The van der Waals surface area contributed by atoms with Crippen molar-refractivity contribution < 1.29 is 14.3 Å². The van der Waals surface area contributed by atoms with E-state index in [0.29, 0.717) is 12.2 Å². The first kappa shape index (κ1) is 18.0. The lowest BCUT2D eigenvalue weighted by Gasteiger charge is -2.14. The molecule has 0 bridgehead atoms. The van der Waals surface area contributed by atoms with E-state index in [2.05, 4.69) is 5.32 Å². The Morgan fingerprint density at radius 2 is 1.92 bits per heavy atom. The van der Waals surface area contributed by atoms with E-state index in [-0.39, 0.29) is 12.0 Å². The van der Waals surface area contributed by atoms with Crippen LogP contribution in [0.3, 0.4) is 0 Å². The van der Waals surface area contributed by atoms with Gasteiger partial charge in [0.15, 0.2) is 0 Å². The molecule has 0 unspecified atom stereocenters. The maximum absolute atomic E-state index is 12.6. The normalized spacial score (nSPS) is 10.8. The van der Waals surface area contributed by atoms with E-state index in [1.54, 1.807) is 19.2 Å². The molecule has 0 radical (unpaired) electrons. The fraction of sp³-hybridized carbons (Fsp3) is 0.350. The van der Waals surface area contributed by atoms with Crippen LogP contribution in [0, 0.1) is 13.8 Å². The van der Waals surface area contributed by atoms with Gasteiger partial charge in [-0.15, -0.1) is 0 Å². The lowest BCUT2D eigenvalue weighted by molar-refractivity contribution is 0.0644. The number of anilines is 1. The van der Waals surface area contributed by atoms with E-state index in [1.165, 1.54) is 0 Å². The van der Waals surface area contributed by atoms with E-state index in [0.717, 1.165) is 28.1 Å². The Morgan fingerprint density at radius 3 is 2.58 bits per heavy atom. The molecule has 0 atom stereocenters. The van der Waals surface area contributed by atoms with Crippen LogP contribution in [-0.2, 0) is 11.3 Å². The Hall–Kier alpha value is -2.33. The molecule has 0 aliphatic heterocycles. The number of methoxy groups -OCH3 is 1. The van der Waals surface area contributed by atoms with Crippen molar-refractivity contribution >= 4 is 11.6 Å². The molecule has 0 fully saturated rings. The van der Waals surface area contributed by atoms with Gasteiger partial charge in [-0.25, -0.2) is 0 Å². The minimum absolute atomic E-state index is 0.113. The molecular formula is C20H25NO3. The highest BCUT2D eigenvalue weighted by atomic mass is 16.5. The van der Waals surface area contributed by atoms with Crippen LogP contribution in [-0.4, -0.2) is 19.1 Å². The number of benzene rings is 2. The number of aryl methyl sites for hydroxylation is 1. The average molecular weight is 327 g/mol. The van der Waals surface area contributed by atoms with Crippen molar-refractivity contribution in [1.82, 2.24) is 0 Å². The molecule has 0 saturated heterocycles. The molecule has 0 aromatic heterocycles. The first-order chi connectivity index (χ1) is 11.4. The van der Waals surface area contributed by atoms with Gasteiger partial charge >= 0.3 is 0 Å². The fourth-order valence-electron chi connectivity index (χ4n) is 2.37. The third-order valence-corrected chi connectivity index (χ3v) is 3.97. The molecule has 2 rings (SSSR count). The molecule has 2 aromatic rings. The van der Waals surface area contributed by atoms with Gasteiger partial charge in [0.05, 0.1) is 19.8 Å². The van der Waals surface area contributed by atoms with Crippen LogP contribution in [0.25, 0.3) is 0 Å². The second-order valence-corrected chi connectivity index (χ2v) is 6.09. The van der Waals surface area contributed by atoms with Gasteiger partial charge in [0.2, 0.25) is 0 Å². The monoisotopic (exact) mass is 327 g/mol. The van der Waals surface area contributed by atoms with Crippen LogP contribution < -0.4 is 10.1 Å². The van der Waals surface area contributed by atoms with E-state index < -0.39 is 0 Å². The van der Waals surface area contributed by atoms with Crippen molar-refractivity contribution in [2.24, 2.45) is 0 Å². The maximum atomic E-state index is 12.6. The van der Waals surface area contributed by atoms with Gasteiger partial charge in [-0.3, -0.25) is 4.79 Å². The summed E-state index contributed by atoms with van der Waals surface area (Å²) in [5.41, 5.74) is 4.49. The zero-order chi connectivity index (χ0) is 17.7. The number of amides is 1. The van der Waals surface area contributed by atoms with Crippen LogP contribution in [0.1, 0.15) is 40.9 Å². The second kappa shape index (κ2) is 7.97. The maximum Gasteiger partial charge on any atom is 0.255 e. The van der Waals surface area contributed by atoms with Crippen LogP contribution in [0.15, 0.2) is 36.4 Å². The summed E-state index contributed by atoms with van der Waals surface area (Å²) in [5, 5.41) is 2.98. The predicted octanol–water partition coefficient (Wildman–Crippen LogP) is 4.49. The van der Waals surface area contributed by atoms with Gasteiger partial charge in [0, 0.05) is 16.8 Å². The summed E-state index contributed by atoms with van der Waals surface area (Å²) in [5.74, 6) is 0.580. The zero-order valence-electron chi connectivity index (χ0n) is 15.0. The van der Waals surface area contributed by atoms with Crippen molar-refractivity contribution in [2.75, 3.05) is 12.4 Å². The molecule has 1 N–H and O–H groups in total. The minimum Gasteiger partial charge on any atom is -0.496 e. The molecule has 0 aliphatic rings. The number of carbonyl (C=O) groups is 1. The highest BCUT2D eigenvalue weighted by Gasteiger charge is 2.12. The SMILES string of the molecule is COc1ccc(C(=O)Nc2cccc(C)c2C)cc1COC(C)C. The van der Waals surface area contributed by atoms with E-state index >= 15 is 0 Å². The first-order valence-electron chi connectivity index (χ1n) is 8.08. The summed E-state index contributed by atoms with van der Waals surface area (Å²) >= 11 is 0. The first-order valence-corrected chi connectivity index (χ1v) is 8.08. The standard InChI is InChI=1S/C20H25NO3/c1-13(2)24-12-17-11-16(9-10-19(17)23-5)20(22)21-18-8-6-7-14(3)15(18)4/h6-11,13H,12H2,1-5H3,(H,21,22). The third-order valence-electron chi connectivity index (χ3n) is 3.97. The molecule has 0 heterocycles. The van der Waals surface area contributed by atoms with Crippen LogP contribution in [0.2, 0.25) is 0 Å². The Labute approximate surface area is 143 Å². The van der Waals surface area contributed by atoms with Crippen LogP contribution in [0.4, 0.5) is 5.69 Å². The Kier molecular flexibility index (Phi) is 5.99. The lowest BCUT2D eigenvalue weighted by atomic mass is 10.1. The third kappa shape index (κ3) is 4.36. The summed E-state index contributed by atoms with van der Waals surface area (Å²) in [6.45, 7) is 8.39. The Bertz CT molecular complexity index is 723. The summed E-state index contributed by atoms with van der Waals surface area (Å²) in [6.07, 6.45) is 0.113. The van der Waals surface area contributed by atoms with Gasteiger partial charge in [-0.1, -0.05) is 12.1 Å². The highest BCUT2D eigenvalue weighted by molar-refractivity contribution is 6.04. The lowest BCUT2D eigenvalue weighted by Crippen LogP contribution is -2.14. The van der Waals surface area contributed by atoms with Crippen molar-refractivity contribution in [3.63, 3.8) is 0 Å². The summed E-state index contributed by atoms with van der Waals surface area (Å²) in [6, 6.07) is 11.3. The molecule has 4 heteroatoms. The van der Waals surface area contributed by atoms with E-state index in [9.17, 15) is 4.79 Å². The van der Waals surface area contributed by atoms with E-state index in [1.807, 2.05) is 52.0 Å². The quantitative estimate of drug-likeness (QED) is 0.850. The average Bonchev–Trinajstić information content (AvgIpc) is 2.56. The summed E-state index contributed by atoms with van der Waals surface area (Å²) < 4.78 is 11.0. The molecule has 0 spiro atoms. The van der Waals surface area contributed by atoms with E-state index in [4.69, 9.17) is 9.47 Å². The minimum atomic E-state index is -0.142. The largest absolute Gasteiger partial charge is 0.496 e. The molecule has 128 valence electrons. The van der Waals surface area contributed by atoms with Gasteiger partial charge in [0.1, 0.15) is 5.75 Å². The van der Waals surface area contributed by atoms with Crippen LogP contribution in [0.5, 0.6) is 5.75 Å². The van der Waals surface area contributed by atoms with Crippen molar-refractivity contribution in [3.05, 3.63) is 58.7 Å². The molecule has 4 nitrogen and oxygen atoms in total. The van der Waals surface area contributed by atoms with Gasteiger partial charge in [-0.2, -0.15) is 0 Å². The number of carbonyl (C=O) groups excluding carboxylic acids is 1. The van der Waals surface area contributed by atoms with Crippen molar-refractivity contribution in [3.8, 4) is 5.75 Å².